The van der Waals surface area contributed by atoms with Crippen molar-refractivity contribution < 1.29 is 53.0 Å². The van der Waals surface area contributed by atoms with Crippen molar-refractivity contribution in [2.24, 2.45) is 0 Å². The fourth-order valence-electron chi connectivity index (χ4n) is 0.532. The largest absolute Gasteiger partial charge is 0.455 e. The third kappa shape index (κ3) is 4.14. The Morgan fingerprint density at radius 2 is 1.17 bits per heavy atom. The molecule has 0 saturated carbocycles. The number of hydrogen-bond acceptors (Lipinski definition) is 1. The smallest absolute Gasteiger partial charge is 0.311 e. The van der Waals surface area contributed by atoms with E-state index in [0.29, 0.717) is 0 Å². The normalized spacial score (nSPS) is 16.8. The third-order valence-electron chi connectivity index (χ3n) is 1.44. The highest BCUT2D eigenvalue weighted by molar-refractivity contribution is 4.79. The maximum Gasteiger partial charge on any atom is 0.455 e. The van der Waals surface area contributed by atoms with Gasteiger partial charge in [-0.1, -0.05) is 0 Å². The Kier molecular flexibility index (Phi) is 4.49. The molecule has 0 bridgehead atoms. The summed E-state index contributed by atoms with van der Waals surface area (Å²) < 4.78 is 132. The lowest BCUT2D eigenvalue weighted by molar-refractivity contribution is -0.368. The van der Waals surface area contributed by atoms with Gasteiger partial charge >= 0.3 is 24.4 Å². The molecule has 0 aromatic rings. The number of hydrogen-bond donors (Lipinski definition) is 0. The molecule has 18 heavy (non-hydrogen) atoms. The highest BCUT2D eigenvalue weighted by Crippen LogP contribution is 2.40. The van der Waals surface area contributed by atoms with Gasteiger partial charge in [0.15, 0.2) is 0 Å². The molecule has 0 aliphatic rings. The van der Waals surface area contributed by atoms with Gasteiger partial charge < -0.3 is 4.74 Å². The van der Waals surface area contributed by atoms with Gasteiger partial charge in [0.25, 0.3) is 6.17 Å². The number of halogens is 11. The van der Waals surface area contributed by atoms with Crippen molar-refractivity contribution in [3.05, 3.63) is 0 Å². The van der Waals surface area contributed by atoms with Crippen LogP contribution in [0.4, 0.5) is 48.3 Å². The van der Waals surface area contributed by atoms with Gasteiger partial charge in [0.05, 0.1) is 0 Å². The van der Waals surface area contributed by atoms with Crippen molar-refractivity contribution >= 4 is 0 Å². The predicted octanol–water partition coefficient (Wildman–Crippen LogP) is 3.69. The van der Waals surface area contributed by atoms with Gasteiger partial charge in [0.2, 0.25) is 0 Å². The Bertz CT molecular complexity index is 276. The van der Waals surface area contributed by atoms with Crippen LogP contribution in [-0.2, 0) is 4.74 Å². The molecule has 0 radical (unpaired) electrons. The Morgan fingerprint density at radius 3 is 1.44 bits per heavy atom. The average Bonchev–Trinajstić information content (AvgIpc) is 2.10. The summed E-state index contributed by atoms with van der Waals surface area (Å²) in [7, 11) is 0. The van der Waals surface area contributed by atoms with Crippen LogP contribution in [0.3, 0.4) is 0 Å². The van der Waals surface area contributed by atoms with Crippen molar-refractivity contribution in [3.8, 4) is 0 Å². The summed E-state index contributed by atoms with van der Waals surface area (Å²) in [5.41, 5.74) is 0. The van der Waals surface area contributed by atoms with E-state index < -0.39 is 37.2 Å². The zero-order valence-corrected chi connectivity index (χ0v) is 7.85. The summed E-state index contributed by atoms with van der Waals surface area (Å²) in [5, 5.41) is 0. The molecule has 0 spiro atoms. The Morgan fingerprint density at radius 1 is 0.778 bits per heavy atom. The molecule has 0 saturated heterocycles. The maximum absolute atomic E-state index is 12.2. The molecule has 12 heteroatoms. The van der Waals surface area contributed by atoms with Crippen LogP contribution < -0.4 is 0 Å². The molecule has 0 aliphatic carbocycles. The highest BCUT2D eigenvalue weighted by Gasteiger charge is 2.63. The molecule has 0 rings (SSSR count). The maximum atomic E-state index is 12.2. The summed E-state index contributed by atoms with van der Waals surface area (Å²) in [4.78, 5) is 0. The number of alkyl halides is 11. The van der Waals surface area contributed by atoms with E-state index >= 15 is 0 Å². The second-order valence-electron chi connectivity index (χ2n) is 2.96. The first-order valence-corrected chi connectivity index (χ1v) is 3.78. The minimum Gasteiger partial charge on any atom is -0.311 e. The first-order chi connectivity index (χ1) is 7.61. The fraction of sp³-hybridized carbons (Fsp3) is 1.00. The van der Waals surface area contributed by atoms with E-state index in [-0.39, 0.29) is 0 Å². The van der Waals surface area contributed by atoms with Crippen molar-refractivity contribution in [2.75, 3.05) is 6.61 Å². The van der Waals surface area contributed by atoms with Crippen LogP contribution in [0.25, 0.3) is 0 Å². The summed E-state index contributed by atoms with van der Waals surface area (Å²) in [6, 6.07) is 0. The van der Waals surface area contributed by atoms with Crippen LogP contribution in [0, 0.1) is 0 Å². The number of ether oxygens (including phenoxy) is 1. The monoisotopic (exact) mass is 300 g/mol. The van der Waals surface area contributed by atoms with Gasteiger partial charge in [0.1, 0.15) is 6.61 Å². The van der Waals surface area contributed by atoms with Crippen LogP contribution in [0.5, 0.6) is 0 Å². The van der Waals surface area contributed by atoms with Crippen LogP contribution in [0.15, 0.2) is 0 Å². The molecular weight excluding hydrogens is 297 g/mol. The SMILES string of the molecule is F[C@@H](C(F)(F)F)C(F)(F)OCC(F)(F)C(F)(F)F. The molecule has 1 atom stereocenters. The van der Waals surface area contributed by atoms with Crippen molar-refractivity contribution in [1.82, 2.24) is 0 Å². The molecule has 0 aromatic heterocycles. The molecule has 0 N–H and O–H groups in total. The molecule has 0 amide bonds. The highest BCUT2D eigenvalue weighted by atomic mass is 19.4. The van der Waals surface area contributed by atoms with E-state index in [9.17, 15) is 48.3 Å². The molecule has 1 nitrogen and oxygen atoms in total. The van der Waals surface area contributed by atoms with Crippen molar-refractivity contribution in [3.63, 3.8) is 0 Å². The molecule has 0 aliphatic heterocycles. The second kappa shape index (κ2) is 4.70. The van der Waals surface area contributed by atoms with Crippen LogP contribution >= 0.6 is 0 Å². The van der Waals surface area contributed by atoms with Crippen LogP contribution in [0.2, 0.25) is 0 Å². The van der Waals surface area contributed by atoms with Gasteiger partial charge in [-0.25, -0.2) is 4.39 Å². The van der Waals surface area contributed by atoms with Gasteiger partial charge in [-0.2, -0.15) is 43.9 Å². The van der Waals surface area contributed by atoms with Crippen LogP contribution in [-0.4, -0.2) is 37.2 Å². The second-order valence-corrected chi connectivity index (χ2v) is 2.96. The van der Waals surface area contributed by atoms with Crippen LogP contribution in [0.1, 0.15) is 0 Å². The zero-order chi connectivity index (χ0) is 15.0. The average molecular weight is 300 g/mol. The molecule has 0 unspecified atom stereocenters. The zero-order valence-electron chi connectivity index (χ0n) is 7.85. The van der Waals surface area contributed by atoms with E-state index in [1.54, 1.807) is 0 Å². The first kappa shape index (κ1) is 17.2. The van der Waals surface area contributed by atoms with Crippen molar-refractivity contribution in [1.29, 1.82) is 0 Å². The fourth-order valence-corrected chi connectivity index (χ4v) is 0.532. The summed E-state index contributed by atoms with van der Waals surface area (Å²) in [5.74, 6) is -5.83. The minimum absolute atomic E-state index is 2.41. The third-order valence-corrected chi connectivity index (χ3v) is 1.44. The lowest BCUT2D eigenvalue weighted by atomic mass is 10.3. The van der Waals surface area contributed by atoms with Crippen molar-refractivity contribution in [2.45, 2.75) is 30.6 Å². The molecule has 0 aromatic carbocycles. The lowest BCUT2D eigenvalue weighted by Gasteiger charge is -2.25. The number of rotatable bonds is 4. The lowest BCUT2D eigenvalue weighted by Crippen LogP contribution is -2.48. The first-order valence-electron chi connectivity index (χ1n) is 3.78. The Labute approximate surface area is 91.5 Å². The quantitative estimate of drug-likeness (QED) is 0.719. The Hall–Kier alpha value is -0.810. The van der Waals surface area contributed by atoms with E-state index in [4.69, 9.17) is 0 Å². The van der Waals surface area contributed by atoms with E-state index in [0.717, 1.165) is 0 Å². The van der Waals surface area contributed by atoms with E-state index in [1.807, 2.05) is 0 Å². The van der Waals surface area contributed by atoms with E-state index in [1.165, 1.54) is 0 Å². The van der Waals surface area contributed by atoms with Gasteiger partial charge in [-0.05, 0) is 0 Å². The molecule has 0 heterocycles. The van der Waals surface area contributed by atoms with Gasteiger partial charge in [-0.3, -0.25) is 0 Å². The summed E-state index contributed by atoms with van der Waals surface area (Å²) >= 11 is 0. The van der Waals surface area contributed by atoms with Gasteiger partial charge in [0, 0.05) is 0 Å². The van der Waals surface area contributed by atoms with Gasteiger partial charge in [-0.15, -0.1) is 0 Å². The summed E-state index contributed by atoms with van der Waals surface area (Å²) in [6.07, 6.45) is -23.4. The molecule has 0 fully saturated rings. The topological polar surface area (TPSA) is 9.23 Å². The predicted molar refractivity (Wildman–Crippen MR) is 32.9 cm³/mol. The minimum atomic E-state index is -6.31. The summed E-state index contributed by atoms with van der Waals surface area (Å²) in [6.45, 7) is -3.14. The standard InChI is InChI=1S/C6H3F11O/c7-2(4(10,11)12)5(13,14)18-1-3(8,9)6(15,16)17/h2H,1H2/t2-/m0/s1. The molecular formula is C6H3F11O. The Balaban J connectivity index is 4.73. The molecule has 110 valence electrons. The van der Waals surface area contributed by atoms with E-state index in [2.05, 4.69) is 4.74 Å².